The second kappa shape index (κ2) is 10.1. The van der Waals surface area contributed by atoms with Gasteiger partial charge in [0.15, 0.2) is 0 Å². The van der Waals surface area contributed by atoms with Crippen molar-refractivity contribution in [2.24, 2.45) is 0 Å². The fourth-order valence-electron chi connectivity index (χ4n) is 2.75. The highest BCUT2D eigenvalue weighted by Gasteiger charge is 2.27. The molecule has 0 aliphatic carbocycles. The molecule has 31 heavy (non-hydrogen) atoms. The molecule has 0 aliphatic heterocycles. The summed E-state index contributed by atoms with van der Waals surface area (Å²) in [4.78, 5) is 12.6. The van der Waals surface area contributed by atoms with Crippen molar-refractivity contribution in [2.45, 2.75) is 11.4 Å². The number of nitrogens with one attached hydrogen (secondary N) is 1. The monoisotopic (exact) mass is 544 g/mol. The van der Waals surface area contributed by atoms with Gasteiger partial charge < -0.3 is 5.32 Å². The number of nitrogens with zero attached hydrogens (tertiary/aromatic N) is 1. The smallest absolute Gasteiger partial charge is 0.243 e. The Balaban J connectivity index is 1.89. The van der Waals surface area contributed by atoms with Crippen LogP contribution in [0.4, 0.5) is 10.1 Å². The number of carbonyl (C=O) groups is 1. The van der Waals surface area contributed by atoms with Crippen LogP contribution in [0.2, 0.25) is 10.0 Å². The van der Waals surface area contributed by atoms with E-state index in [0.717, 1.165) is 4.31 Å². The maximum Gasteiger partial charge on any atom is 0.243 e. The van der Waals surface area contributed by atoms with Gasteiger partial charge in [-0.2, -0.15) is 4.31 Å². The Kier molecular flexibility index (Phi) is 7.72. The first-order valence-corrected chi connectivity index (χ1v) is 11.9. The van der Waals surface area contributed by atoms with E-state index in [-0.39, 0.29) is 22.2 Å². The molecule has 0 saturated carbocycles. The predicted molar refractivity (Wildman–Crippen MR) is 123 cm³/mol. The highest BCUT2D eigenvalue weighted by Crippen LogP contribution is 2.25. The number of hydrogen-bond donors (Lipinski definition) is 1. The van der Waals surface area contributed by atoms with E-state index in [9.17, 15) is 17.6 Å². The van der Waals surface area contributed by atoms with Crippen LogP contribution >= 0.6 is 39.1 Å². The van der Waals surface area contributed by atoms with Gasteiger partial charge in [-0.1, -0.05) is 63.4 Å². The van der Waals surface area contributed by atoms with E-state index >= 15 is 0 Å². The maximum atomic E-state index is 14.1. The number of benzene rings is 3. The number of sulfonamides is 1. The van der Waals surface area contributed by atoms with Crippen LogP contribution in [-0.2, 0) is 21.4 Å². The molecule has 0 spiro atoms. The molecule has 3 aromatic rings. The average molecular weight is 546 g/mol. The molecule has 162 valence electrons. The quantitative estimate of drug-likeness (QED) is 0.412. The third kappa shape index (κ3) is 6.05. The minimum atomic E-state index is -4.03. The van der Waals surface area contributed by atoms with Crippen molar-refractivity contribution in [2.75, 3.05) is 11.9 Å². The SMILES string of the molecule is O=C(CN(Cc1ccc(Cl)c(Cl)c1)S(=O)(=O)c1ccccc1)Nc1ccc(Br)cc1F. The fraction of sp³-hybridized carbons (Fsp3) is 0.0952. The van der Waals surface area contributed by atoms with Crippen LogP contribution in [0.1, 0.15) is 5.56 Å². The average Bonchev–Trinajstić information content (AvgIpc) is 2.73. The fourth-order valence-corrected chi connectivity index (χ4v) is 4.81. The van der Waals surface area contributed by atoms with Crippen molar-refractivity contribution in [1.82, 2.24) is 4.31 Å². The number of amides is 1. The molecule has 0 fully saturated rings. The molecule has 3 rings (SSSR count). The lowest BCUT2D eigenvalue weighted by atomic mass is 10.2. The topological polar surface area (TPSA) is 66.5 Å². The van der Waals surface area contributed by atoms with Gasteiger partial charge in [0.2, 0.25) is 15.9 Å². The zero-order valence-electron chi connectivity index (χ0n) is 15.9. The number of carbonyl (C=O) groups excluding carboxylic acids is 1. The number of rotatable bonds is 7. The molecule has 0 bridgehead atoms. The molecule has 0 atom stereocenters. The van der Waals surface area contributed by atoms with E-state index in [1.165, 1.54) is 30.3 Å². The van der Waals surface area contributed by atoms with Gasteiger partial charge in [-0.25, -0.2) is 12.8 Å². The van der Waals surface area contributed by atoms with Crippen LogP contribution in [0.25, 0.3) is 0 Å². The molecule has 0 unspecified atom stereocenters. The molecule has 0 heterocycles. The number of anilines is 1. The van der Waals surface area contributed by atoms with Crippen LogP contribution in [0.15, 0.2) is 76.1 Å². The normalized spacial score (nSPS) is 11.5. The molecule has 0 saturated heterocycles. The Morgan fingerprint density at radius 3 is 2.35 bits per heavy atom. The van der Waals surface area contributed by atoms with Crippen LogP contribution < -0.4 is 5.32 Å². The van der Waals surface area contributed by atoms with Crippen LogP contribution in [0.5, 0.6) is 0 Å². The summed E-state index contributed by atoms with van der Waals surface area (Å²) in [5.41, 5.74) is 0.483. The van der Waals surface area contributed by atoms with E-state index in [4.69, 9.17) is 23.2 Å². The van der Waals surface area contributed by atoms with Gasteiger partial charge in [-0.15, -0.1) is 0 Å². The van der Waals surface area contributed by atoms with Gasteiger partial charge >= 0.3 is 0 Å². The van der Waals surface area contributed by atoms with Gasteiger partial charge in [-0.05, 0) is 48.0 Å². The summed E-state index contributed by atoms with van der Waals surface area (Å²) in [5, 5.41) is 3.00. The Hall–Kier alpha value is -1.97. The number of halogens is 4. The highest BCUT2D eigenvalue weighted by atomic mass is 79.9. The first-order valence-electron chi connectivity index (χ1n) is 8.91. The molecule has 1 amide bonds. The molecular formula is C21H16BrCl2FN2O3S. The largest absolute Gasteiger partial charge is 0.322 e. The van der Waals surface area contributed by atoms with Crippen molar-refractivity contribution in [3.05, 3.63) is 92.6 Å². The molecule has 10 heteroatoms. The third-order valence-corrected chi connectivity index (χ3v) is 7.29. The summed E-state index contributed by atoms with van der Waals surface area (Å²) in [5.74, 6) is -1.34. The molecular weight excluding hydrogens is 530 g/mol. The second-order valence-electron chi connectivity index (χ2n) is 6.51. The van der Waals surface area contributed by atoms with E-state index in [1.807, 2.05) is 0 Å². The van der Waals surface area contributed by atoms with Crippen molar-refractivity contribution >= 4 is 60.7 Å². The minimum Gasteiger partial charge on any atom is -0.322 e. The van der Waals surface area contributed by atoms with Crippen molar-refractivity contribution < 1.29 is 17.6 Å². The van der Waals surface area contributed by atoms with Gasteiger partial charge in [0.05, 0.1) is 27.2 Å². The van der Waals surface area contributed by atoms with E-state index < -0.39 is 28.3 Å². The Labute approximate surface area is 198 Å². The van der Waals surface area contributed by atoms with Gasteiger partial charge in [0.25, 0.3) is 0 Å². The van der Waals surface area contributed by atoms with E-state index in [1.54, 1.807) is 36.4 Å². The number of hydrogen-bond acceptors (Lipinski definition) is 3. The summed E-state index contributed by atoms with van der Waals surface area (Å²) < 4.78 is 42.0. The zero-order chi connectivity index (χ0) is 22.6. The summed E-state index contributed by atoms with van der Waals surface area (Å²) in [6.07, 6.45) is 0. The lowest BCUT2D eigenvalue weighted by Crippen LogP contribution is -2.37. The van der Waals surface area contributed by atoms with Crippen molar-refractivity contribution in [3.63, 3.8) is 0 Å². The summed E-state index contributed by atoms with van der Waals surface area (Å²) in [6, 6.07) is 16.6. The van der Waals surface area contributed by atoms with Crippen LogP contribution in [-0.4, -0.2) is 25.2 Å². The minimum absolute atomic E-state index is 0.0256. The molecule has 0 aromatic heterocycles. The zero-order valence-corrected chi connectivity index (χ0v) is 19.8. The second-order valence-corrected chi connectivity index (χ2v) is 10.2. The summed E-state index contributed by atoms with van der Waals surface area (Å²) in [6.45, 7) is -0.669. The van der Waals surface area contributed by atoms with Crippen LogP contribution in [0, 0.1) is 5.82 Å². The Morgan fingerprint density at radius 2 is 1.71 bits per heavy atom. The van der Waals surface area contributed by atoms with E-state index in [0.29, 0.717) is 15.1 Å². The van der Waals surface area contributed by atoms with Crippen LogP contribution in [0.3, 0.4) is 0 Å². The lowest BCUT2D eigenvalue weighted by Gasteiger charge is -2.22. The lowest BCUT2D eigenvalue weighted by molar-refractivity contribution is -0.116. The van der Waals surface area contributed by atoms with Gasteiger partial charge in [0, 0.05) is 11.0 Å². The standard InChI is InChI=1S/C21H16BrCl2FN2O3S/c22-15-7-9-20(19(25)11-15)26-21(28)13-27(12-14-6-8-17(23)18(24)10-14)31(29,30)16-4-2-1-3-5-16/h1-11H,12-13H2,(H,26,28). The molecule has 0 aliphatic rings. The summed E-state index contributed by atoms with van der Waals surface area (Å²) in [7, 11) is -4.03. The molecule has 3 aromatic carbocycles. The first kappa shape index (κ1) is 23.7. The highest BCUT2D eigenvalue weighted by molar-refractivity contribution is 9.10. The van der Waals surface area contributed by atoms with Crippen molar-refractivity contribution in [3.8, 4) is 0 Å². The molecule has 5 nitrogen and oxygen atoms in total. The van der Waals surface area contributed by atoms with Gasteiger partial charge in [0.1, 0.15) is 5.82 Å². The third-order valence-electron chi connectivity index (χ3n) is 4.25. The Bertz CT molecular complexity index is 1210. The molecule has 1 N–H and O–H groups in total. The summed E-state index contributed by atoms with van der Waals surface area (Å²) >= 11 is 15.1. The Morgan fingerprint density at radius 1 is 1.00 bits per heavy atom. The maximum absolute atomic E-state index is 14.1. The predicted octanol–water partition coefficient (Wildman–Crippen LogP) is 5.72. The van der Waals surface area contributed by atoms with Crippen molar-refractivity contribution in [1.29, 1.82) is 0 Å². The van der Waals surface area contributed by atoms with E-state index in [2.05, 4.69) is 21.2 Å². The van der Waals surface area contributed by atoms with Gasteiger partial charge in [-0.3, -0.25) is 4.79 Å². The first-order chi connectivity index (χ1) is 14.7. The molecule has 0 radical (unpaired) electrons.